The van der Waals surface area contributed by atoms with Crippen LogP contribution >= 0.6 is 11.6 Å². The van der Waals surface area contributed by atoms with Gasteiger partial charge < -0.3 is 10.6 Å². The van der Waals surface area contributed by atoms with Crippen molar-refractivity contribution in [2.75, 3.05) is 18.4 Å². The van der Waals surface area contributed by atoms with Crippen LogP contribution in [0.1, 0.15) is 25.3 Å². The van der Waals surface area contributed by atoms with E-state index >= 15 is 0 Å². The highest BCUT2D eigenvalue weighted by molar-refractivity contribution is 6.32. The highest BCUT2D eigenvalue weighted by Gasteiger charge is 2.35. The van der Waals surface area contributed by atoms with Gasteiger partial charge in [0, 0.05) is 12.7 Å². The van der Waals surface area contributed by atoms with Crippen molar-refractivity contribution in [1.29, 1.82) is 0 Å². The van der Waals surface area contributed by atoms with Crippen LogP contribution in [0.2, 0.25) is 5.15 Å². The van der Waals surface area contributed by atoms with E-state index < -0.39 is 0 Å². The fourth-order valence-electron chi connectivity index (χ4n) is 2.19. The Balaban J connectivity index is 2.16. The van der Waals surface area contributed by atoms with E-state index in [9.17, 15) is 4.79 Å². The number of pyridine rings is 1. The van der Waals surface area contributed by atoms with Crippen molar-refractivity contribution in [3.63, 3.8) is 0 Å². The number of carbonyl (C=O) groups excluding carboxylic acids is 1. The first-order chi connectivity index (χ1) is 8.53. The first-order valence-corrected chi connectivity index (χ1v) is 6.54. The van der Waals surface area contributed by atoms with E-state index in [1.54, 1.807) is 6.20 Å². The van der Waals surface area contributed by atoms with Gasteiger partial charge in [-0.25, -0.2) is 4.98 Å². The predicted octanol–water partition coefficient (Wildman–Crippen LogP) is 2.37. The lowest BCUT2D eigenvalue weighted by Crippen LogP contribution is -2.46. The molecule has 0 spiro atoms. The summed E-state index contributed by atoms with van der Waals surface area (Å²) in [6, 6.07) is 1.84. The van der Waals surface area contributed by atoms with E-state index in [2.05, 4.69) is 15.6 Å². The van der Waals surface area contributed by atoms with E-state index in [0.717, 1.165) is 24.9 Å². The average molecular weight is 268 g/mol. The van der Waals surface area contributed by atoms with E-state index in [4.69, 9.17) is 11.6 Å². The number of amides is 1. The zero-order valence-electron chi connectivity index (χ0n) is 10.7. The molecule has 1 aliphatic rings. The molecule has 1 saturated heterocycles. The molecular weight excluding hydrogens is 250 g/mol. The molecule has 1 unspecified atom stereocenters. The van der Waals surface area contributed by atoms with Crippen molar-refractivity contribution in [3.8, 4) is 0 Å². The van der Waals surface area contributed by atoms with Crippen LogP contribution < -0.4 is 10.6 Å². The van der Waals surface area contributed by atoms with Crippen LogP contribution in [0.4, 0.5) is 5.69 Å². The topological polar surface area (TPSA) is 54.0 Å². The van der Waals surface area contributed by atoms with Crippen molar-refractivity contribution in [2.24, 2.45) is 5.41 Å². The minimum Gasteiger partial charge on any atom is -0.323 e. The zero-order chi connectivity index (χ0) is 13.2. The molecule has 18 heavy (non-hydrogen) atoms. The van der Waals surface area contributed by atoms with Crippen LogP contribution in [0.3, 0.4) is 0 Å². The van der Waals surface area contributed by atoms with Crippen LogP contribution in [0.15, 0.2) is 12.3 Å². The number of hydrogen-bond acceptors (Lipinski definition) is 3. The van der Waals surface area contributed by atoms with E-state index in [1.165, 1.54) is 0 Å². The van der Waals surface area contributed by atoms with E-state index in [-0.39, 0.29) is 11.3 Å². The summed E-state index contributed by atoms with van der Waals surface area (Å²) in [7, 11) is 0. The van der Waals surface area contributed by atoms with Gasteiger partial charge in [0.05, 0.1) is 11.1 Å². The molecule has 2 N–H and O–H groups in total. The van der Waals surface area contributed by atoms with Crippen molar-refractivity contribution in [2.45, 2.75) is 26.7 Å². The number of nitrogens with one attached hydrogen (secondary N) is 2. The third kappa shape index (κ3) is 2.65. The second-order valence-electron chi connectivity index (χ2n) is 5.09. The average Bonchev–Trinajstić information content (AvgIpc) is 2.34. The number of hydrogen-bond donors (Lipinski definition) is 2. The fourth-order valence-corrected chi connectivity index (χ4v) is 2.44. The van der Waals surface area contributed by atoms with Gasteiger partial charge in [0.2, 0.25) is 5.91 Å². The second kappa shape index (κ2) is 5.24. The number of nitrogens with zero attached hydrogens (tertiary/aromatic N) is 1. The van der Waals surface area contributed by atoms with Gasteiger partial charge in [-0.05, 0) is 44.9 Å². The maximum absolute atomic E-state index is 12.4. The molecule has 1 aromatic heterocycles. The Morgan fingerprint density at radius 3 is 3.00 bits per heavy atom. The third-order valence-corrected chi connectivity index (χ3v) is 3.78. The predicted molar refractivity (Wildman–Crippen MR) is 72.8 cm³/mol. The SMILES string of the molecule is Cc1ccnc(Cl)c1NC(=O)C1(C)CCCNC1. The highest BCUT2D eigenvalue weighted by Crippen LogP contribution is 2.30. The summed E-state index contributed by atoms with van der Waals surface area (Å²) in [5.74, 6) is 0.00713. The van der Waals surface area contributed by atoms with Crippen LogP contribution in [-0.2, 0) is 4.79 Å². The number of aryl methyl sites for hydroxylation is 1. The molecule has 0 bridgehead atoms. The molecule has 0 aromatic carbocycles. The van der Waals surface area contributed by atoms with Crippen LogP contribution in [-0.4, -0.2) is 24.0 Å². The first kappa shape index (κ1) is 13.3. The molecule has 1 aliphatic heterocycles. The fraction of sp³-hybridized carbons (Fsp3) is 0.538. The van der Waals surface area contributed by atoms with Crippen LogP contribution in [0, 0.1) is 12.3 Å². The number of aromatic nitrogens is 1. The molecule has 0 aliphatic carbocycles. The standard InChI is InChI=1S/C13H18ClN3O/c1-9-4-7-16-11(14)10(9)17-12(18)13(2)5-3-6-15-8-13/h4,7,15H,3,5-6,8H2,1-2H3,(H,17,18). The molecule has 1 atom stereocenters. The Morgan fingerprint density at radius 2 is 2.39 bits per heavy atom. The summed E-state index contributed by atoms with van der Waals surface area (Å²) in [6.07, 6.45) is 3.55. The molecule has 2 heterocycles. The summed E-state index contributed by atoms with van der Waals surface area (Å²) in [5.41, 5.74) is 1.18. The highest BCUT2D eigenvalue weighted by atomic mass is 35.5. The molecule has 0 saturated carbocycles. The van der Waals surface area contributed by atoms with Crippen LogP contribution in [0.5, 0.6) is 0 Å². The Hall–Kier alpha value is -1.13. The zero-order valence-corrected chi connectivity index (χ0v) is 11.5. The molecule has 0 radical (unpaired) electrons. The third-order valence-electron chi connectivity index (χ3n) is 3.50. The van der Waals surface area contributed by atoms with Crippen molar-refractivity contribution < 1.29 is 4.79 Å². The molecule has 1 aromatic rings. The number of rotatable bonds is 2. The lowest BCUT2D eigenvalue weighted by atomic mass is 9.82. The van der Waals surface area contributed by atoms with Crippen molar-refractivity contribution in [3.05, 3.63) is 23.0 Å². The van der Waals surface area contributed by atoms with Gasteiger partial charge in [0.1, 0.15) is 0 Å². The number of halogens is 1. The number of carbonyl (C=O) groups is 1. The summed E-state index contributed by atoms with van der Waals surface area (Å²) in [5, 5.41) is 6.52. The van der Waals surface area contributed by atoms with Gasteiger partial charge in [-0.3, -0.25) is 4.79 Å². The quantitative estimate of drug-likeness (QED) is 0.809. The Bertz CT molecular complexity index is 435. The molecule has 1 fully saturated rings. The van der Waals surface area contributed by atoms with E-state index in [0.29, 0.717) is 17.4 Å². The lowest BCUT2D eigenvalue weighted by Gasteiger charge is -2.32. The van der Waals surface area contributed by atoms with Gasteiger partial charge in [0.25, 0.3) is 0 Å². The summed E-state index contributed by atoms with van der Waals surface area (Å²) in [4.78, 5) is 16.4. The van der Waals surface area contributed by atoms with Gasteiger partial charge in [-0.15, -0.1) is 0 Å². The monoisotopic (exact) mass is 267 g/mol. The molecule has 98 valence electrons. The van der Waals surface area contributed by atoms with Gasteiger partial charge >= 0.3 is 0 Å². The van der Waals surface area contributed by atoms with Crippen molar-refractivity contribution >= 4 is 23.2 Å². The summed E-state index contributed by atoms with van der Waals surface area (Å²) in [6.45, 7) is 5.57. The molecule has 5 heteroatoms. The number of piperidine rings is 1. The Labute approximate surface area is 112 Å². The molecule has 2 rings (SSSR count). The van der Waals surface area contributed by atoms with Crippen LogP contribution in [0.25, 0.3) is 0 Å². The Morgan fingerprint density at radius 1 is 1.61 bits per heavy atom. The summed E-state index contributed by atoms with van der Waals surface area (Å²) >= 11 is 6.02. The first-order valence-electron chi connectivity index (χ1n) is 6.16. The number of anilines is 1. The van der Waals surface area contributed by atoms with Gasteiger partial charge in [-0.2, -0.15) is 0 Å². The lowest BCUT2D eigenvalue weighted by molar-refractivity contribution is -0.125. The molecular formula is C13H18ClN3O. The Kier molecular flexibility index (Phi) is 3.88. The minimum absolute atomic E-state index is 0.00713. The maximum Gasteiger partial charge on any atom is 0.231 e. The normalized spacial score (nSPS) is 23.7. The summed E-state index contributed by atoms with van der Waals surface area (Å²) < 4.78 is 0. The second-order valence-corrected chi connectivity index (χ2v) is 5.45. The molecule has 1 amide bonds. The van der Waals surface area contributed by atoms with Gasteiger partial charge in [-0.1, -0.05) is 11.6 Å². The minimum atomic E-state index is -0.371. The van der Waals surface area contributed by atoms with Crippen molar-refractivity contribution in [1.82, 2.24) is 10.3 Å². The maximum atomic E-state index is 12.4. The smallest absolute Gasteiger partial charge is 0.231 e. The largest absolute Gasteiger partial charge is 0.323 e. The molecule has 4 nitrogen and oxygen atoms in total. The van der Waals surface area contributed by atoms with E-state index in [1.807, 2.05) is 19.9 Å². The van der Waals surface area contributed by atoms with Gasteiger partial charge in [0.15, 0.2) is 5.15 Å².